The second kappa shape index (κ2) is 6.26. The predicted octanol–water partition coefficient (Wildman–Crippen LogP) is -0.331. The van der Waals surface area contributed by atoms with E-state index in [9.17, 15) is 9.59 Å². The van der Waals surface area contributed by atoms with Crippen LogP contribution in [-0.2, 0) is 14.3 Å². The number of carboxylic acid groups (broad SMARTS) is 1. The zero-order valence-corrected chi connectivity index (χ0v) is 11.1. The molecule has 1 aromatic rings. The van der Waals surface area contributed by atoms with Gasteiger partial charge in [0.05, 0.1) is 11.6 Å². The van der Waals surface area contributed by atoms with Gasteiger partial charge in [0.1, 0.15) is 17.7 Å². The molecule has 10 heteroatoms. The monoisotopic (exact) mass is 291 g/mol. The summed E-state index contributed by atoms with van der Waals surface area (Å²) in [6.45, 7) is 2.58. The Kier molecular flexibility index (Phi) is 4.43. The van der Waals surface area contributed by atoms with Crippen LogP contribution in [0.25, 0.3) is 0 Å². The van der Waals surface area contributed by atoms with E-state index in [1.54, 1.807) is 11.9 Å². The number of hydrogen-bond acceptors (Lipinski definition) is 7. The minimum absolute atomic E-state index is 0.00882. The Morgan fingerprint density at radius 2 is 2.15 bits per heavy atom. The highest BCUT2D eigenvalue weighted by Crippen LogP contribution is 2.17. The zero-order valence-electron chi connectivity index (χ0n) is 11.1. The van der Waals surface area contributed by atoms with Gasteiger partial charge in [-0.2, -0.15) is 4.63 Å². The summed E-state index contributed by atoms with van der Waals surface area (Å²) in [4.78, 5) is 28.2. The Hall–Kier alpha value is -2.26. The van der Waals surface area contributed by atoms with E-state index in [-0.39, 0.29) is 19.8 Å². The van der Waals surface area contributed by atoms with Gasteiger partial charge in [-0.15, -0.1) is 0 Å². The smallest absolute Gasteiger partial charge is 0.480 e. The van der Waals surface area contributed by atoms with Crippen molar-refractivity contribution in [1.29, 1.82) is 0 Å². The molecule has 20 heavy (non-hydrogen) atoms. The van der Waals surface area contributed by atoms with E-state index in [1.807, 2.05) is 0 Å². The maximum Gasteiger partial charge on any atom is 0.508 e. The molecule has 0 radical (unpaired) electrons. The highest BCUT2D eigenvalue weighted by Gasteiger charge is 2.36. The lowest BCUT2D eigenvalue weighted by Gasteiger charge is -2.15. The zero-order chi connectivity index (χ0) is 14.5. The number of ether oxygens (including phenoxy) is 2. The van der Waals surface area contributed by atoms with Crippen molar-refractivity contribution in [3.63, 3.8) is 0 Å². The third-order valence-corrected chi connectivity index (χ3v) is 2.75. The van der Waals surface area contributed by atoms with Gasteiger partial charge >= 0.3 is 12.1 Å². The van der Waals surface area contributed by atoms with Crippen molar-refractivity contribution in [3.05, 3.63) is 0 Å². The first-order chi connectivity index (χ1) is 9.63. The lowest BCUT2D eigenvalue weighted by atomic mass is 10.2. The Morgan fingerprint density at radius 1 is 1.35 bits per heavy atom. The summed E-state index contributed by atoms with van der Waals surface area (Å²) in [5.41, 5.74) is 0. The Balaban J connectivity index is 1.68. The van der Waals surface area contributed by atoms with Crippen molar-refractivity contribution >= 4 is 12.1 Å². The van der Waals surface area contributed by atoms with Crippen LogP contribution in [-0.4, -0.2) is 59.6 Å². The maximum absolute atomic E-state index is 11.0. The number of carbonyl (C=O) groups is 2. The number of hydrogen-bond donors (Lipinski definition) is 1. The normalized spacial score (nSPS) is 18.2. The van der Waals surface area contributed by atoms with Gasteiger partial charge in [0.2, 0.25) is 0 Å². The minimum atomic E-state index is -0.899. The number of carboxylic acids is 1. The Bertz CT molecular complexity index is 449. The average Bonchev–Trinajstić information content (AvgIpc) is 2.99. The van der Waals surface area contributed by atoms with Crippen LogP contribution in [0.4, 0.5) is 4.79 Å². The summed E-state index contributed by atoms with van der Waals surface area (Å²) < 4.78 is 14.2. The topological polar surface area (TPSA) is 108 Å². The van der Waals surface area contributed by atoms with Crippen molar-refractivity contribution in [1.82, 2.24) is 9.98 Å². The van der Waals surface area contributed by atoms with Crippen LogP contribution in [0.2, 0.25) is 0 Å². The van der Waals surface area contributed by atoms with Gasteiger partial charge in [-0.25, -0.2) is 14.6 Å². The molecule has 0 spiro atoms. The van der Waals surface area contributed by atoms with Crippen molar-refractivity contribution < 1.29 is 33.6 Å². The summed E-state index contributed by atoms with van der Waals surface area (Å²) >= 11 is 0. The number of carbonyl (C=O) groups excluding carboxylic acids is 1. The van der Waals surface area contributed by atoms with Crippen LogP contribution in [0.5, 0.6) is 0 Å². The van der Waals surface area contributed by atoms with Gasteiger partial charge < -0.3 is 19.4 Å². The standard InChI is InChI=1S/C10H17N3O7/c1-2-17-10(16)18-6-7-19-13-12(20-13)11-5-3-4-8(11)9(14)15/h8H,2-7H2,1H3,(H,14,15)/t8-,12?,13?/m0/s1. The van der Waals surface area contributed by atoms with Crippen LogP contribution < -0.4 is 9.85 Å². The second-order valence-corrected chi connectivity index (χ2v) is 4.10. The van der Waals surface area contributed by atoms with E-state index >= 15 is 0 Å². The highest BCUT2D eigenvalue weighted by atomic mass is 17.0. The molecule has 0 aromatic carbocycles. The molecule has 1 saturated heterocycles. The molecule has 1 aliphatic heterocycles. The minimum Gasteiger partial charge on any atom is -0.480 e. The molecule has 1 fully saturated rings. The van der Waals surface area contributed by atoms with E-state index < -0.39 is 18.2 Å². The molecule has 2 rings (SSSR count). The molecule has 0 unspecified atom stereocenters. The first kappa shape index (κ1) is 14.2. The fraction of sp³-hybridized carbons (Fsp3) is 0.800. The predicted molar refractivity (Wildman–Crippen MR) is 62.9 cm³/mol. The molecule has 1 aliphatic rings. The molecule has 114 valence electrons. The highest BCUT2D eigenvalue weighted by molar-refractivity contribution is 5.75. The number of rotatable bonds is 7. The van der Waals surface area contributed by atoms with Gasteiger partial charge in [0.25, 0.3) is 0 Å². The summed E-state index contributed by atoms with van der Waals surface area (Å²) in [5, 5.41) is 11.6. The quantitative estimate of drug-likeness (QED) is 0.537. The number of aliphatic carboxylic acids is 1. The van der Waals surface area contributed by atoms with Gasteiger partial charge in [0.15, 0.2) is 6.61 Å². The van der Waals surface area contributed by atoms with E-state index in [4.69, 9.17) is 14.6 Å². The first-order valence-corrected chi connectivity index (χ1v) is 6.33. The van der Waals surface area contributed by atoms with Crippen molar-refractivity contribution in [2.45, 2.75) is 25.8 Å². The molecule has 0 saturated carbocycles. The summed E-state index contributed by atoms with van der Waals surface area (Å²) in [5.74, 6) is -0.899. The molecule has 0 bridgehead atoms. The molecule has 1 aromatic heterocycles. The molecule has 1 N–H and O–H groups in total. The van der Waals surface area contributed by atoms with E-state index in [0.29, 0.717) is 13.0 Å². The van der Waals surface area contributed by atoms with Crippen LogP contribution in [0.3, 0.4) is 0 Å². The largest absolute Gasteiger partial charge is 0.508 e. The average molecular weight is 291 g/mol. The molecular weight excluding hydrogens is 274 g/mol. The Morgan fingerprint density at radius 3 is 2.85 bits per heavy atom. The van der Waals surface area contributed by atoms with E-state index in [1.165, 1.54) is 4.96 Å². The number of aromatic nitrogens is 2. The van der Waals surface area contributed by atoms with Gasteiger partial charge in [-0.05, 0) is 19.8 Å². The van der Waals surface area contributed by atoms with Crippen molar-refractivity contribution in [3.8, 4) is 0 Å². The molecule has 10 nitrogen and oxygen atoms in total. The van der Waals surface area contributed by atoms with E-state index in [0.717, 1.165) is 11.4 Å². The van der Waals surface area contributed by atoms with Gasteiger partial charge in [-0.1, -0.05) is 0 Å². The fourth-order valence-electron chi connectivity index (χ4n) is 1.87. The molecular formula is C10H17N3O7. The third kappa shape index (κ3) is 3.39. The lowest BCUT2D eigenvalue weighted by Crippen LogP contribution is -2.42. The van der Waals surface area contributed by atoms with Gasteiger partial charge in [-0.3, -0.25) is 0 Å². The third-order valence-electron chi connectivity index (χ3n) is 2.75. The molecule has 0 amide bonds. The van der Waals surface area contributed by atoms with Crippen LogP contribution in [0.1, 0.15) is 19.8 Å². The fourth-order valence-corrected chi connectivity index (χ4v) is 1.87. The lowest BCUT2D eigenvalue weighted by molar-refractivity contribution is -0.138. The summed E-state index contributed by atoms with van der Waals surface area (Å²) in [6, 6.07) is -0.612. The summed E-state index contributed by atoms with van der Waals surface area (Å²) in [6.07, 6.45) is 0.580. The maximum atomic E-state index is 11.0. The van der Waals surface area contributed by atoms with Gasteiger partial charge in [0, 0.05) is 6.54 Å². The molecule has 0 aliphatic carbocycles. The SMILES string of the molecule is CCOC(=O)OCCOn1on1N1CCC[C@H]1C(=O)O. The van der Waals surface area contributed by atoms with Crippen LogP contribution in [0.15, 0.2) is 4.63 Å². The van der Waals surface area contributed by atoms with Crippen LogP contribution >= 0.6 is 0 Å². The van der Waals surface area contributed by atoms with Crippen molar-refractivity contribution in [2.24, 2.45) is 0 Å². The molecule has 1 atom stereocenters. The van der Waals surface area contributed by atoms with Crippen LogP contribution in [0, 0.1) is 0 Å². The number of nitrogens with zero attached hydrogens (tertiary/aromatic N) is 3. The summed E-state index contributed by atoms with van der Waals surface area (Å²) in [7, 11) is 0. The molecule has 2 heterocycles. The van der Waals surface area contributed by atoms with E-state index in [2.05, 4.69) is 9.47 Å². The van der Waals surface area contributed by atoms with Crippen molar-refractivity contribution in [2.75, 3.05) is 31.4 Å². The first-order valence-electron chi connectivity index (χ1n) is 6.33. The Labute approximate surface area is 114 Å². The second-order valence-electron chi connectivity index (χ2n) is 4.10.